The molecule has 10 heteroatoms. The molecule has 36 heavy (non-hydrogen) atoms. The van der Waals surface area contributed by atoms with Crippen molar-refractivity contribution >= 4 is 17.6 Å². The van der Waals surface area contributed by atoms with Gasteiger partial charge in [0.25, 0.3) is 5.91 Å². The molecule has 0 aliphatic heterocycles. The molecule has 0 saturated heterocycles. The smallest absolute Gasteiger partial charge is 0.417 e. The first kappa shape index (κ1) is 29.4. The van der Waals surface area contributed by atoms with Gasteiger partial charge in [-0.1, -0.05) is 31.0 Å². The minimum absolute atomic E-state index is 0.0262. The predicted molar refractivity (Wildman–Crippen MR) is 131 cm³/mol. The van der Waals surface area contributed by atoms with E-state index >= 15 is 0 Å². The summed E-state index contributed by atoms with van der Waals surface area (Å²) in [5.41, 5.74) is 3.86. The standard InChI is InChI=1S/C26H36F3N3O4/c1-16(33)13-18(14-23(34)36-25(2,3)4)32-24(35)21(30)15-22(31-17-9-5-6-10-17)19-11-7-8-12-20(19)26(27,28)29/h7-8,11-12,15-18,33H,5-6,9-10,13-14,30H2,1-4H3,(H,32,35)/t16?,18-/m0/s1. The Morgan fingerprint density at radius 3 is 2.39 bits per heavy atom. The number of carbonyl (C=O) groups excluding carboxylic acids is 2. The summed E-state index contributed by atoms with van der Waals surface area (Å²) in [5, 5.41) is 12.4. The molecule has 200 valence electrons. The number of nitrogens with one attached hydrogen (secondary N) is 1. The van der Waals surface area contributed by atoms with Crippen LogP contribution in [0, 0.1) is 0 Å². The number of aliphatic hydroxyl groups is 1. The number of halogens is 3. The third-order valence-electron chi connectivity index (χ3n) is 5.50. The summed E-state index contributed by atoms with van der Waals surface area (Å²) in [5.74, 6) is -1.36. The van der Waals surface area contributed by atoms with Gasteiger partial charge in [-0.15, -0.1) is 0 Å². The van der Waals surface area contributed by atoms with Crippen LogP contribution in [-0.2, 0) is 20.5 Å². The highest BCUT2D eigenvalue weighted by Gasteiger charge is 2.34. The highest BCUT2D eigenvalue weighted by Crippen LogP contribution is 2.33. The Hall–Kier alpha value is -2.88. The molecule has 7 nitrogen and oxygen atoms in total. The highest BCUT2D eigenvalue weighted by molar-refractivity contribution is 6.13. The van der Waals surface area contributed by atoms with Crippen molar-refractivity contribution in [1.29, 1.82) is 0 Å². The first-order valence-electron chi connectivity index (χ1n) is 12.1. The molecule has 2 rings (SSSR count). The van der Waals surface area contributed by atoms with Crippen molar-refractivity contribution in [2.24, 2.45) is 10.7 Å². The fourth-order valence-corrected chi connectivity index (χ4v) is 4.04. The van der Waals surface area contributed by atoms with Gasteiger partial charge in [0.1, 0.15) is 5.60 Å². The van der Waals surface area contributed by atoms with E-state index in [0.717, 1.165) is 37.8 Å². The largest absolute Gasteiger partial charge is 0.460 e. The maximum Gasteiger partial charge on any atom is 0.417 e. The second-order valence-corrected chi connectivity index (χ2v) is 10.1. The normalized spacial score (nSPS) is 17.6. The van der Waals surface area contributed by atoms with Crippen LogP contribution >= 0.6 is 0 Å². The van der Waals surface area contributed by atoms with Crippen LogP contribution in [0.3, 0.4) is 0 Å². The van der Waals surface area contributed by atoms with E-state index in [2.05, 4.69) is 10.3 Å². The van der Waals surface area contributed by atoms with Crippen LogP contribution in [0.4, 0.5) is 13.2 Å². The first-order chi connectivity index (χ1) is 16.7. The van der Waals surface area contributed by atoms with E-state index in [9.17, 15) is 27.9 Å². The average molecular weight is 512 g/mol. The lowest BCUT2D eigenvalue weighted by molar-refractivity contribution is -0.155. The van der Waals surface area contributed by atoms with Gasteiger partial charge < -0.3 is 20.9 Å². The second kappa shape index (κ2) is 12.4. The van der Waals surface area contributed by atoms with E-state index in [1.807, 2.05) is 0 Å². The zero-order chi connectivity index (χ0) is 27.1. The maximum absolute atomic E-state index is 13.7. The Morgan fingerprint density at radius 1 is 1.22 bits per heavy atom. The lowest BCUT2D eigenvalue weighted by Crippen LogP contribution is -2.41. The molecule has 1 aliphatic rings. The van der Waals surface area contributed by atoms with Crippen LogP contribution in [0.2, 0.25) is 0 Å². The van der Waals surface area contributed by atoms with Crippen molar-refractivity contribution in [3.63, 3.8) is 0 Å². The number of benzene rings is 1. The van der Waals surface area contributed by atoms with E-state index in [1.165, 1.54) is 25.1 Å². The van der Waals surface area contributed by atoms with Gasteiger partial charge in [-0.3, -0.25) is 14.6 Å². The molecule has 0 heterocycles. The van der Waals surface area contributed by atoms with Crippen LogP contribution in [0.25, 0.3) is 0 Å². The number of nitrogens with zero attached hydrogens (tertiary/aromatic N) is 1. The maximum atomic E-state index is 13.7. The fraction of sp³-hybridized carbons (Fsp3) is 0.577. The Morgan fingerprint density at radius 2 is 1.83 bits per heavy atom. The number of amides is 1. The number of carbonyl (C=O) groups is 2. The zero-order valence-electron chi connectivity index (χ0n) is 21.2. The number of nitrogens with two attached hydrogens (primary N) is 1. The predicted octanol–water partition coefficient (Wildman–Crippen LogP) is 4.27. The highest BCUT2D eigenvalue weighted by atomic mass is 19.4. The van der Waals surface area contributed by atoms with Crippen LogP contribution in [0.15, 0.2) is 41.0 Å². The van der Waals surface area contributed by atoms with Gasteiger partial charge >= 0.3 is 12.1 Å². The minimum atomic E-state index is -4.62. The molecule has 1 saturated carbocycles. The number of alkyl halides is 3. The van der Waals surface area contributed by atoms with E-state index in [1.54, 1.807) is 20.8 Å². The molecule has 2 atom stereocenters. The number of esters is 1. The minimum Gasteiger partial charge on any atom is -0.460 e. The number of hydrogen-bond acceptors (Lipinski definition) is 6. The lowest BCUT2D eigenvalue weighted by Gasteiger charge is -2.23. The van der Waals surface area contributed by atoms with Crippen LogP contribution in [0.5, 0.6) is 0 Å². The van der Waals surface area contributed by atoms with Crippen molar-refractivity contribution < 1.29 is 32.6 Å². The first-order valence-corrected chi connectivity index (χ1v) is 12.1. The van der Waals surface area contributed by atoms with Crippen molar-refractivity contribution in [2.75, 3.05) is 0 Å². The van der Waals surface area contributed by atoms with E-state index in [0.29, 0.717) is 0 Å². The summed E-state index contributed by atoms with van der Waals surface area (Å²) >= 11 is 0. The van der Waals surface area contributed by atoms with Crippen molar-refractivity contribution in [1.82, 2.24) is 5.32 Å². The number of hydrogen-bond donors (Lipinski definition) is 3. The molecule has 4 N–H and O–H groups in total. The third kappa shape index (κ3) is 9.64. The molecule has 0 radical (unpaired) electrons. The molecule has 1 aliphatic carbocycles. The van der Waals surface area contributed by atoms with Crippen molar-refractivity contribution in [2.45, 2.75) is 96.2 Å². The van der Waals surface area contributed by atoms with Gasteiger partial charge in [0.05, 0.1) is 35.5 Å². The van der Waals surface area contributed by atoms with Gasteiger partial charge in [0, 0.05) is 11.6 Å². The zero-order valence-corrected chi connectivity index (χ0v) is 21.2. The molecular formula is C26H36F3N3O4. The van der Waals surface area contributed by atoms with Gasteiger partial charge in [-0.2, -0.15) is 13.2 Å². The summed E-state index contributed by atoms with van der Waals surface area (Å²) in [6.07, 6.45) is -1.13. The molecule has 0 bridgehead atoms. The molecule has 0 aromatic heterocycles. The summed E-state index contributed by atoms with van der Waals surface area (Å²) in [7, 11) is 0. The number of aliphatic hydroxyl groups excluding tert-OH is 1. The van der Waals surface area contributed by atoms with Crippen LogP contribution in [0.1, 0.15) is 77.3 Å². The summed E-state index contributed by atoms with van der Waals surface area (Å²) in [6, 6.07) is 4.07. The number of allylic oxidation sites excluding steroid dienone is 1. The van der Waals surface area contributed by atoms with Gasteiger partial charge in [-0.05, 0) is 59.1 Å². The molecular weight excluding hydrogens is 475 g/mol. The molecule has 1 unspecified atom stereocenters. The van der Waals surface area contributed by atoms with E-state index < -0.39 is 41.4 Å². The van der Waals surface area contributed by atoms with Crippen LogP contribution < -0.4 is 11.1 Å². The number of ether oxygens (including phenoxy) is 1. The van der Waals surface area contributed by atoms with Crippen molar-refractivity contribution in [3.05, 3.63) is 47.2 Å². The summed E-state index contributed by atoms with van der Waals surface area (Å²) in [4.78, 5) is 29.7. The Kier molecular flexibility index (Phi) is 10.1. The van der Waals surface area contributed by atoms with Gasteiger partial charge in [0.2, 0.25) is 0 Å². The molecule has 0 spiro atoms. The van der Waals surface area contributed by atoms with Crippen molar-refractivity contribution in [3.8, 4) is 0 Å². The molecule has 1 aromatic carbocycles. The Balaban J connectivity index is 2.34. The Bertz CT molecular complexity index is 975. The topological polar surface area (TPSA) is 114 Å². The third-order valence-corrected chi connectivity index (χ3v) is 5.50. The van der Waals surface area contributed by atoms with E-state index in [-0.39, 0.29) is 35.9 Å². The lowest BCUT2D eigenvalue weighted by atomic mass is 10.0. The second-order valence-electron chi connectivity index (χ2n) is 10.1. The summed E-state index contributed by atoms with van der Waals surface area (Å²) < 4.78 is 46.4. The number of rotatable bonds is 9. The monoisotopic (exact) mass is 511 g/mol. The average Bonchev–Trinajstić information content (AvgIpc) is 3.23. The van der Waals surface area contributed by atoms with Gasteiger partial charge in [-0.25, -0.2) is 0 Å². The molecule has 1 fully saturated rings. The SMILES string of the molecule is CC(O)C[C@@H](CC(=O)OC(C)(C)C)NC(=O)C(N)=CC(=NC1CCCC1)c1ccccc1C(F)(F)F. The molecule has 1 aromatic rings. The van der Waals surface area contributed by atoms with Crippen LogP contribution in [-0.4, -0.2) is 46.5 Å². The van der Waals surface area contributed by atoms with Gasteiger partial charge in [0.15, 0.2) is 0 Å². The fourth-order valence-electron chi connectivity index (χ4n) is 4.04. The Labute approximate surface area is 210 Å². The molecule has 1 amide bonds. The quantitative estimate of drug-likeness (QED) is 0.260. The van der Waals surface area contributed by atoms with E-state index in [4.69, 9.17) is 10.5 Å². The summed E-state index contributed by atoms with van der Waals surface area (Å²) in [6.45, 7) is 6.63. The number of aliphatic imine (C=N–C) groups is 1.